The zero-order valence-corrected chi connectivity index (χ0v) is 13.5. The molecule has 1 saturated carbocycles. The van der Waals surface area contributed by atoms with Crippen LogP contribution in [0.3, 0.4) is 0 Å². The van der Waals surface area contributed by atoms with E-state index in [4.69, 9.17) is 9.84 Å². The van der Waals surface area contributed by atoms with Gasteiger partial charge in [0.2, 0.25) is 0 Å². The van der Waals surface area contributed by atoms with E-state index < -0.39 is 17.9 Å². The smallest absolute Gasteiger partial charge is 0.326 e. The Morgan fingerprint density at radius 3 is 2.52 bits per heavy atom. The zero-order valence-electron chi connectivity index (χ0n) is 11.9. The second-order valence-corrected chi connectivity index (χ2v) is 6.38. The van der Waals surface area contributed by atoms with Crippen LogP contribution >= 0.6 is 15.9 Å². The predicted octanol–water partition coefficient (Wildman–Crippen LogP) is 2.83. The van der Waals surface area contributed by atoms with Crippen LogP contribution in [0.25, 0.3) is 0 Å². The molecule has 0 heterocycles. The van der Waals surface area contributed by atoms with E-state index in [1.165, 1.54) is 0 Å². The summed E-state index contributed by atoms with van der Waals surface area (Å²) in [5.74, 6) is -0.767. The number of ether oxygens (including phenoxy) is 1. The fourth-order valence-corrected chi connectivity index (χ4v) is 2.54. The molecule has 1 atom stereocenters. The van der Waals surface area contributed by atoms with Crippen molar-refractivity contribution < 1.29 is 19.4 Å². The number of carbonyl (C=O) groups excluding carboxylic acids is 1. The molecular weight excluding hydrogens is 338 g/mol. The molecule has 21 heavy (non-hydrogen) atoms. The van der Waals surface area contributed by atoms with Crippen molar-refractivity contribution in [1.82, 2.24) is 5.32 Å². The molecule has 114 valence electrons. The van der Waals surface area contributed by atoms with E-state index in [1.54, 1.807) is 18.2 Å². The average Bonchev–Trinajstić information content (AvgIpc) is 3.17. The summed E-state index contributed by atoms with van der Waals surface area (Å²) in [6, 6.07) is 4.22. The van der Waals surface area contributed by atoms with Crippen LogP contribution in [0.4, 0.5) is 0 Å². The minimum Gasteiger partial charge on any atom is -0.491 e. The van der Waals surface area contributed by atoms with Gasteiger partial charge in [0.25, 0.3) is 5.91 Å². The normalized spacial score (nSPS) is 15.6. The van der Waals surface area contributed by atoms with Gasteiger partial charge in [-0.15, -0.1) is 0 Å². The summed E-state index contributed by atoms with van der Waals surface area (Å²) < 4.78 is 6.28. The lowest BCUT2D eigenvalue weighted by molar-refractivity contribution is -0.139. The molecule has 2 rings (SSSR count). The number of carboxylic acid groups (broad SMARTS) is 1. The van der Waals surface area contributed by atoms with E-state index in [9.17, 15) is 9.59 Å². The average molecular weight is 356 g/mol. The van der Waals surface area contributed by atoms with Gasteiger partial charge >= 0.3 is 5.97 Å². The molecule has 1 aromatic rings. The van der Waals surface area contributed by atoms with Crippen LogP contribution < -0.4 is 10.1 Å². The number of carbonyl (C=O) groups is 2. The number of benzene rings is 1. The maximum atomic E-state index is 12.2. The van der Waals surface area contributed by atoms with Gasteiger partial charge in [-0.2, -0.15) is 0 Å². The van der Waals surface area contributed by atoms with E-state index in [-0.39, 0.29) is 12.0 Å². The van der Waals surface area contributed by atoms with Gasteiger partial charge in [0.15, 0.2) is 0 Å². The number of hydrogen-bond acceptors (Lipinski definition) is 3. The third kappa shape index (κ3) is 4.46. The molecule has 0 aliphatic heterocycles. The van der Waals surface area contributed by atoms with Gasteiger partial charge in [-0.3, -0.25) is 4.79 Å². The van der Waals surface area contributed by atoms with Gasteiger partial charge in [-0.1, -0.05) is 15.9 Å². The molecule has 6 heteroatoms. The number of carboxylic acids is 1. The Labute approximate surface area is 131 Å². The summed E-state index contributed by atoms with van der Waals surface area (Å²) in [7, 11) is 0. The topological polar surface area (TPSA) is 75.6 Å². The van der Waals surface area contributed by atoms with Crippen LogP contribution in [0.5, 0.6) is 5.75 Å². The van der Waals surface area contributed by atoms with Gasteiger partial charge < -0.3 is 15.2 Å². The Hall–Kier alpha value is -1.56. The summed E-state index contributed by atoms with van der Waals surface area (Å²) in [5, 5.41) is 11.7. The van der Waals surface area contributed by atoms with Gasteiger partial charge in [-0.05, 0) is 50.8 Å². The van der Waals surface area contributed by atoms with E-state index in [2.05, 4.69) is 21.2 Å². The minimum absolute atomic E-state index is 0.00607. The standard InChI is InChI=1S/C15H18BrNO4/c1-8(2)21-12-6-10(5-11(16)7-12)14(18)17-13(15(19)20)9-3-4-9/h5-9,13H,3-4H2,1-2H3,(H,17,18)(H,19,20). The van der Waals surface area contributed by atoms with Crippen LogP contribution in [0, 0.1) is 5.92 Å². The molecular formula is C15H18BrNO4. The van der Waals surface area contributed by atoms with Crippen molar-refractivity contribution >= 4 is 27.8 Å². The third-order valence-electron chi connectivity index (χ3n) is 3.15. The Balaban J connectivity index is 2.14. The first-order valence-electron chi connectivity index (χ1n) is 6.87. The second-order valence-electron chi connectivity index (χ2n) is 5.47. The van der Waals surface area contributed by atoms with E-state index >= 15 is 0 Å². The number of hydrogen-bond donors (Lipinski definition) is 2. The van der Waals surface area contributed by atoms with Crippen LogP contribution in [0.2, 0.25) is 0 Å². The highest BCUT2D eigenvalue weighted by atomic mass is 79.9. The number of nitrogens with one attached hydrogen (secondary N) is 1. The molecule has 0 aromatic heterocycles. The van der Waals surface area contributed by atoms with E-state index in [0.29, 0.717) is 15.8 Å². The summed E-state index contributed by atoms with van der Waals surface area (Å²) in [5.41, 5.74) is 0.381. The van der Waals surface area contributed by atoms with Crippen LogP contribution in [0.15, 0.2) is 22.7 Å². The molecule has 1 unspecified atom stereocenters. The monoisotopic (exact) mass is 355 g/mol. The Morgan fingerprint density at radius 2 is 2.00 bits per heavy atom. The number of amides is 1. The zero-order chi connectivity index (χ0) is 15.6. The van der Waals surface area contributed by atoms with Crippen molar-refractivity contribution in [3.8, 4) is 5.75 Å². The highest BCUT2D eigenvalue weighted by Crippen LogP contribution is 2.33. The van der Waals surface area contributed by atoms with Crippen molar-refractivity contribution in [1.29, 1.82) is 0 Å². The van der Waals surface area contributed by atoms with Crippen LogP contribution in [-0.2, 0) is 4.79 Å². The first-order valence-corrected chi connectivity index (χ1v) is 7.67. The van der Waals surface area contributed by atoms with Gasteiger partial charge in [0.05, 0.1) is 6.10 Å². The van der Waals surface area contributed by atoms with E-state index in [1.807, 2.05) is 13.8 Å². The highest BCUT2D eigenvalue weighted by molar-refractivity contribution is 9.10. The largest absolute Gasteiger partial charge is 0.491 e. The molecule has 1 aromatic carbocycles. The van der Waals surface area contributed by atoms with Crippen molar-refractivity contribution in [3.05, 3.63) is 28.2 Å². The first-order chi connectivity index (χ1) is 9.86. The second kappa shape index (κ2) is 6.47. The fourth-order valence-electron chi connectivity index (χ4n) is 2.07. The lowest BCUT2D eigenvalue weighted by Crippen LogP contribution is -2.42. The third-order valence-corrected chi connectivity index (χ3v) is 3.61. The SMILES string of the molecule is CC(C)Oc1cc(Br)cc(C(=O)NC(C(=O)O)C2CC2)c1. The number of halogens is 1. The predicted molar refractivity (Wildman–Crippen MR) is 81.5 cm³/mol. The lowest BCUT2D eigenvalue weighted by Gasteiger charge is -2.15. The van der Waals surface area contributed by atoms with Crippen LogP contribution in [0.1, 0.15) is 37.0 Å². The van der Waals surface area contributed by atoms with Crippen molar-refractivity contribution in [2.45, 2.75) is 38.8 Å². The molecule has 1 aliphatic carbocycles. The molecule has 2 N–H and O–H groups in total. The molecule has 1 fully saturated rings. The Morgan fingerprint density at radius 1 is 1.33 bits per heavy atom. The molecule has 0 spiro atoms. The maximum Gasteiger partial charge on any atom is 0.326 e. The molecule has 1 amide bonds. The Kier molecular flexibility index (Phi) is 4.88. The summed E-state index contributed by atoms with van der Waals surface area (Å²) in [4.78, 5) is 23.4. The summed E-state index contributed by atoms with van der Waals surface area (Å²) in [6.45, 7) is 3.79. The van der Waals surface area contributed by atoms with Gasteiger partial charge in [0.1, 0.15) is 11.8 Å². The molecule has 0 saturated heterocycles. The van der Waals surface area contributed by atoms with Crippen molar-refractivity contribution in [3.63, 3.8) is 0 Å². The molecule has 0 radical (unpaired) electrons. The number of rotatable bonds is 6. The van der Waals surface area contributed by atoms with Crippen LogP contribution in [-0.4, -0.2) is 29.1 Å². The highest BCUT2D eigenvalue weighted by Gasteiger charge is 2.37. The van der Waals surface area contributed by atoms with Crippen molar-refractivity contribution in [2.75, 3.05) is 0 Å². The summed E-state index contributed by atoms with van der Waals surface area (Å²) >= 11 is 3.33. The maximum absolute atomic E-state index is 12.2. The Bertz CT molecular complexity index is 555. The van der Waals surface area contributed by atoms with Gasteiger partial charge in [0, 0.05) is 10.0 Å². The minimum atomic E-state index is -0.987. The molecule has 5 nitrogen and oxygen atoms in total. The molecule has 0 bridgehead atoms. The fraction of sp³-hybridized carbons (Fsp3) is 0.467. The quantitative estimate of drug-likeness (QED) is 0.822. The lowest BCUT2D eigenvalue weighted by atomic mass is 10.1. The number of aliphatic carboxylic acids is 1. The van der Waals surface area contributed by atoms with E-state index in [0.717, 1.165) is 12.8 Å². The molecule has 1 aliphatic rings. The first kappa shape index (κ1) is 15.8. The van der Waals surface area contributed by atoms with Crippen molar-refractivity contribution in [2.24, 2.45) is 5.92 Å². The summed E-state index contributed by atoms with van der Waals surface area (Å²) in [6.07, 6.45) is 1.68. The van der Waals surface area contributed by atoms with Gasteiger partial charge in [-0.25, -0.2) is 4.79 Å².